The van der Waals surface area contributed by atoms with E-state index in [0.29, 0.717) is 11.3 Å². The molecule has 1 heterocycles. The molecule has 0 amide bonds. The summed E-state index contributed by atoms with van der Waals surface area (Å²) in [5.41, 5.74) is 1.07. The molecule has 1 aliphatic heterocycles. The Balaban J connectivity index is 2.23. The molecule has 96 valence electrons. The van der Waals surface area contributed by atoms with Gasteiger partial charge < -0.3 is 10.0 Å². The second kappa shape index (κ2) is 4.07. The van der Waals surface area contributed by atoms with Crippen LogP contribution in [-0.4, -0.2) is 23.1 Å². The van der Waals surface area contributed by atoms with Crippen LogP contribution in [0.3, 0.4) is 0 Å². The quantitative estimate of drug-likeness (QED) is 0.825. The van der Waals surface area contributed by atoms with Crippen LogP contribution in [0.5, 0.6) is 0 Å². The SMILES string of the molecule is O=C=C1C=C(C(=O)O)N(C2CC2)c2ccc(F)cc21. The third kappa shape index (κ3) is 1.84. The number of nitrogens with zero attached hydrogens (tertiary/aromatic N) is 1. The summed E-state index contributed by atoms with van der Waals surface area (Å²) in [6.07, 6.45) is 3.04. The Labute approximate surface area is 108 Å². The van der Waals surface area contributed by atoms with E-state index < -0.39 is 11.8 Å². The summed E-state index contributed by atoms with van der Waals surface area (Å²) >= 11 is 0. The van der Waals surface area contributed by atoms with Crippen LogP contribution >= 0.6 is 0 Å². The van der Waals surface area contributed by atoms with E-state index >= 15 is 0 Å². The Kier molecular flexibility index (Phi) is 2.50. The van der Waals surface area contributed by atoms with Crippen molar-refractivity contribution in [3.05, 3.63) is 41.4 Å². The highest BCUT2D eigenvalue weighted by atomic mass is 19.1. The third-order valence-corrected chi connectivity index (χ3v) is 3.29. The van der Waals surface area contributed by atoms with Crippen molar-refractivity contribution in [2.75, 3.05) is 4.90 Å². The molecule has 0 radical (unpaired) electrons. The van der Waals surface area contributed by atoms with E-state index in [1.54, 1.807) is 10.8 Å². The molecule has 1 aliphatic carbocycles. The standard InChI is InChI=1S/C14H10FNO3/c15-9-1-4-12-11(6-9)8(7-17)5-13(14(18)19)16(12)10-2-3-10/h1,4-6,10H,2-3H2,(H,18,19). The first-order chi connectivity index (χ1) is 9.11. The molecule has 19 heavy (non-hydrogen) atoms. The highest BCUT2D eigenvalue weighted by molar-refractivity contribution is 6.06. The van der Waals surface area contributed by atoms with Crippen LogP contribution < -0.4 is 4.90 Å². The van der Waals surface area contributed by atoms with Crippen LogP contribution in [0.4, 0.5) is 10.1 Å². The van der Waals surface area contributed by atoms with E-state index in [-0.39, 0.29) is 17.3 Å². The first kappa shape index (κ1) is 11.7. The lowest BCUT2D eigenvalue weighted by Crippen LogP contribution is -2.32. The number of halogens is 1. The normalized spacial score (nSPS) is 17.6. The zero-order valence-electron chi connectivity index (χ0n) is 9.89. The van der Waals surface area contributed by atoms with Crippen molar-refractivity contribution in [1.29, 1.82) is 0 Å². The molecule has 0 unspecified atom stereocenters. The lowest BCUT2D eigenvalue weighted by Gasteiger charge is -2.30. The summed E-state index contributed by atoms with van der Waals surface area (Å²) < 4.78 is 13.3. The average Bonchev–Trinajstić information content (AvgIpc) is 3.20. The molecule has 3 rings (SSSR count). The minimum atomic E-state index is -1.10. The highest BCUT2D eigenvalue weighted by Crippen LogP contribution is 2.42. The van der Waals surface area contributed by atoms with Crippen LogP contribution in [0.15, 0.2) is 30.0 Å². The van der Waals surface area contributed by atoms with Gasteiger partial charge in [0, 0.05) is 11.6 Å². The third-order valence-electron chi connectivity index (χ3n) is 3.29. The van der Waals surface area contributed by atoms with Crippen LogP contribution in [0.2, 0.25) is 0 Å². The molecule has 0 spiro atoms. The fraction of sp³-hybridized carbons (Fsp3) is 0.214. The van der Waals surface area contributed by atoms with E-state index in [2.05, 4.69) is 0 Å². The number of fused-ring (bicyclic) bond motifs is 1. The molecule has 0 saturated heterocycles. The van der Waals surface area contributed by atoms with Gasteiger partial charge in [0.05, 0.1) is 11.3 Å². The Morgan fingerprint density at radius 3 is 2.74 bits per heavy atom. The Hall–Kier alpha value is -2.39. The largest absolute Gasteiger partial charge is 0.477 e. The van der Waals surface area contributed by atoms with Crippen LogP contribution in [0.1, 0.15) is 18.4 Å². The molecule has 5 heteroatoms. The summed E-state index contributed by atoms with van der Waals surface area (Å²) in [6, 6.07) is 4.12. The maximum atomic E-state index is 13.3. The Morgan fingerprint density at radius 2 is 2.16 bits per heavy atom. The van der Waals surface area contributed by atoms with Crippen molar-refractivity contribution in [3.63, 3.8) is 0 Å². The number of carboxylic acid groups (broad SMARTS) is 1. The summed E-state index contributed by atoms with van der Waals surface area (Å²) in [4.78, 5) is 23.9. The van der Waals surface area contributed by atoms with Gasteiger partial charge in [-0.15, -0.1) is 0 Å². The predicted molar refractivity (Wildman–Crippen MR) is 66.7 cm³/mol. The van der Waals surface area contributed by atoms with Gasteiger partial charge in [-0.25, -0.2) is 14.0 Å². The number of benzene rings is 1. The molecule has 1 fully saturated rings. The molecule has 1 N–H and O–H groups in total. The zero-order valence-corrected chi connectivity index (χ0v) is 9.89. The number of aliphatic carboxylic acids is 1. The highest BCUT2D eigenvalue weighted by Gasteiger charge is 2.38. The summed E-state index contributed by atoms with van der Waals surface area (Å²) in [7, 11) is 0. The van der Waals surface area contributed by atoms with Crippen molar-refractivity contribution in [3.8, 4) is 0 Å². The zero-order chi connectivity index (χ0) is 13.6. The molecule has 1 saturated carbocycles. The van der Waals surface area contributed by atoms with Crippen molar-refractivity contribution in [2.45, 2.75) is 18.9 Å². The fourth-order valence-electron chi connectivity index (χ4n) is 2.32. The van der Waals surface area contributed by atoms with Crippen molar-refractivity contribution in [2.24, 2.45) is 0 Å². The number of anilines is 1. The number of carbonyl (C=O) groups is 1. The molecule has 1 aromatic carbocycles. The van der Waals surface area contributed by atoms with E-state index in [9.17, 15) is 19.1 Å². The van der Waals surface area contributed by atoms with Crippen LogP contribution in [-0.2, 0) is 9.59 Å². The maximum Gasteiger partial charge on any atom is 0.352 e. The lowest BCUT2D eigenvalue weighted by molar-refractivity contribution is -0.132. The molecule has 4 nitrogen and oxygen atoms in total. The van der Waals surface area contributed by atoms with E-state index in [1.807, 2.05) is 0 Å². The lowest BCUT2D eigenvalue weighted by atomic mass is 9.98. The van der Waals surface area contributed by atoms with E-state index in [1.165, 1.54) is 24.3 Å². The van der Waals surface area contributed by atoms with Gasteiger partial charge in [-0.05, 0) is 37.1 Å². The van der Waals surface area contributed by atoms with Gasteiger partial charge >= 0.3 is 5.97 Å². The molecular formula is C14H10FNO3. The van der Waals surface area contributed by atoms with E-state index in [4.69, 9.17) is 0 Å². The van der Waals surface area contributed by atoms with Gasteiger partial charge in [-0.3, -0.25) is 0 Å². The van der Waals surface area contributed by atoms with Gasteiger partial charge in [0.1, 0.15) is 17.5 Å². The monoisotopic (exact) mass is 259 g/mol. The average molecular weight is 259 g/mol. The van der Waals surface area contributed by atoms with Gasteiger partial charge in [0.25, 0.3) is 0 Å². The minimum absolute atomic E-state index is 0.0416. The number of allylic oxidation sites excluding steroid dienone is 2. The van der Waals surface area contributed by atoms with E-state index in [0.717, 1.165) is 12.8 Å². The van der Waals surface area contributed by atoms with Gasteiger partial charge in [0.15, 0.2) is 0 Å². The number of hydrogen-bond acceptors (Lipinski definition) is 3. The van der Waals surface area contributed by atoms with Crippen molar-refractivity contribution in [1.82, 2.24) is 0 Å². The van der Waals surface area contributed by atoms with Crippen molar-refractivity contribution >= 4 is 23.2 Å². The molecular weight excluding hydrogens is 249 g/mol. The minimum Gasteiger partial charge on any atom is -0.477 e. The van der Waals surface area contributed by atoms with Crippen LogP contribution in [0.25, 0.3) is 5.57 Å². The molecule has 0 aromatic heterocycles. The number of carboxylic acids is 1. The van der Waals surface area contributed by atoms with Gasteiger partial charge in [-0.2, -0.15) is 0 Å². The number of carbonyl (C=O) groups excluding carboxylic acids is 1. The second-order valence-corrected chi connectivity index (χ2v) is 4.61. The first-order valence-corrected chi connectivity index (χ1v) is 5.91. The number of rotatable bonds is 2. The Bertz CT molecular complexity index is 655. The second-order valence-electron chi connectivity index (χ2n) is 4.61. The molecule has 1 aromatic rings. The summed E-state index contributed by atoms with van der Waals surface area (Å²) in [5.74, 6) is 0.120. The van der Waals surface area contributed by atoms with Gasteiger partial charge in [0.2, 0.25) is 0 Å². The van der Waals surface area contributed by atoms with Crippen LogP contribution in [0, 0.1) is 5.82 Å². The smallest absolute Gasteiger partial charge is 0.352 e. The summed E-state index contributed by atoms with van der Waals surface area (Å²) in [5, 5.41) is 9.25. The predicted octanol–water partition coefficient (Wildman–Crippen LogP) is 1.99. The first-order valence-electron chi connectivity index (χ1n) is 5.91. The molecule has 0 atom stereocenters. The van der Waals surface area contributed by atoms with Gasteiger partial charge in [-0.1, -0.05) is 0 Å². The summed E-state index contributed by atoms with van der Waals surface area (Å²) in [6.45, 7) is 0. The number of hydrogen-bond donors (Lipinski definition) is 1. The Morgan fingerprint density at radius 1 is 1.42 bits per heavy atom. The molecule has 0 bridgehead atoms. The topological polar surface area (TPSA) is 57.6 Å². The molecule has 2 aliphatic rings. The fourth-order valence-corrected chi connectivity index (χ4v) is 2.32. The maximum absolute atomic E-state index is 13.3. The van der Waals surface area contributed by atoms with Crippen molar-refractivity contribution < 1.29 is 19.1 Å².